The van der Waals surface area contributed by atoms with E-state index in [4.69, 9.17) is 10.5 Å². The second-order valence-electron chi connectivity index (χ2n) is 3.10. The second-order valence-corrected chi connectivity index (χ2v) is 3.10. The number of hydrogen-bond acceptors (Lipinski definition) is 4. The molecule has 0 unspecified atom stereocenters. The van der Waals surface area contributed by atoms with Crippen LogP contribution in [0, 0.1) is 6.92 Å². The van der Waals surface area contributed by atoms with Crippen molar-refractivity contribution in [3.63, 3.8) is 0 Å². The van der Waals surface area contributed by atoms with Gasteiger partial charge in [0.1, 0.15) is 0 Å². The molecule has 0 radical (unpaired) electrons. The molecule has 0 saturated carbocycles. The van der Waals surface area contributed by atoms with Crippen LogP contribution in [0.25, 0.3) is 0 Å². The van der Waals surface area contributed by atoms with Gasteiger partial charge in [0.25, 0.3) is 5.56 Å². The summed E-state index contributed by atoms with van der Waals surface area (Å²) in [5, 5.41) is 0. The van der Waals surface area contributed by atoms with Crippen molar-refractivity contribution in [2.45, 2.75) is 20.4 Å². The SMILES string of the molecule is CCOC(=O)c1cc(C)[nH]c(=O)c1CN. The Morgan fingerprint density at radius 1 is 1.60 bits per heavy atom. The molecule has 82 valence electrons. The number of rotatable bonds is 3. The summed E-state index contributed by atoms with van der Waals surface area (Å²) >= 11 is 0. The third-order valence-electron chi connectivity index (χ3n) is 1.97. The monoisotopic (exact) mass is 210 g/mol. The molecular formula is C10H14N2O3. The molecule has 5 nitrogen and oxygen atoms in total. The van der Waals surface area contributed by atoms with E-state index in [1.807, 2.05) is 0 Å². The number of carbonyl (C=O) groups is 1. The molecule has 0 bridgehead atoms. The van der Waals surface area contributed by atoms with Gasteiger partial charge in [-0.3, -0.25) is 4.79 Å². The lowest BCUT2D eigenvalue weighted by atomic mass is 10.1. The van der Waals surface area contributed by atoms with Gasteiger partial charge in [0, 0.05) is 17.8 Å². The summed E-state index contributed by atoms with van der Waals surface area (Å²) in [7, 11) is 0. The van der Waals surface area contributed by atoms with Crippen LogP contribution in [-0.4, -0.2) is 17.6 Å². The fraction of sp³-hybridized carbons (Fsp3) is 0.400. The first-order valence-corrected chi connectivity index (χ1v) is 4.70. The fourth-order valence-electron chi connectivity index (χ4n) is 1.31. The summed E-state index contributed by atoms with van der Waals surface area (Å²) < 4.78 is 4.83. The van der Waals surface area contributed by atoms with E-state index in [9.17, 15) is 9.59 Å². The van der Waals surface area contributed by atoms with Crippen LogP contribution in [0.2, 0.25) is 0 Å². The van der Waals surface area contributed by atoms with E-state index >= 15 is 0 Å². The predicted octanol–water partition coefficient (Wildman–Crippen LogP) is 0.319. The van der Waals surface area contributed by atoms with Crippen molar-refractivity contribution in [2.24, 2.45) is 5.73 Å². The standard InChI is InChI=1S/C10H14N2O3/c1-3-15-10(14)7-4-6(2)12-9(13)8(7)5-11/h4H,3,5,11H2,1-2H3,(H,12,13). The number of pyridine rings is 1. The van der Waals surface area contributed by atoms with Crippen LogP contribution in [0.15, 0.2) is 10.9 Å². The number of ether oxygens (including phenoxy) is 1. The lowest BCUT2D eigenvalue weighted by Crippen LogP contribution is -2.23. The van der Waals surface area contributed by atoms with Crippen molar-refractivity contribution in [3.05, 3.63) is 33.2 Å². The average molecular weight is 210 g/mol. The van der Waals surface area contributed by atoms with E-state index in [-0.39, 0.29) is 29.8 Å². The number of hydrogen-bond donors (Lipinski definition) is 2. The van der Waals surface area contributed by atoms with Gasteiger partial charge in [-0.1, -0.05) is 0 Å². The van der Waals surface area contributed by atoms with Crippen LogP contribution in [-0.2, 0) is 11.3 Å². The molecule has 3 N–H and O–H groups in total. The van der Waals surface area contributed by atoms with E-state index in [1.54, 1.807) is 19.9 Å². The Morgan fingerprint density at radius 3 is 2.80 bits per heavy atom. The molecule has 0 aromatic carbocycles. The maximum absolute atomic E-state index is 11.5. The van der Waals surface area contributed by atoms with Crippen LogP contribution < -0.4 is 11.3 Å². The minimum atomic E-state index is -0.507. The highest BCUT2D eigenvalue weighted by Crippen LogP contribution is 2.06. The first kappa shape index (κ1) is 11.5. The van der Waals surface area contributed by atoms with E-state index in [2.05, 4.69) is 4.98 Å². The van der Waals surface area contributed by atoms with Crippen molar-refractivity contribution < 1.29 is 9.53 Å². The first-order chi connectivity index (χ1) is 7.10. The molecule has 1 heterocycles. The Hall–Kier alpha value is -1.62. The summed E-state index contributed by atoms with van der Waals surface area (Å²) in [4.78, 5) is 25.5. The lowest BCUT2D eigenvalue weighted by molar-refractivity contribution is 0.0524. The zero-order valence-electron chi connectivity index (χ0n) is 8.79. The number of aromatic nitrogens is 1. The van der Waals surface area contributed by atoms with E-state index < -0.39 is 5.97 Å². The number of H-pyrrole nitrogens is 1. The lowest BCUT2D eigenvalue weighted by Gasteiger charge is -2.07. The van der Waals surface area contributed by atoms with Gasteiger partial charge in [-0.25, -0.2) is 4.79 Å². The van der Waals surface area contributed by atoms with Gasteiger partial charge >= 0.3 is 5.97 Å². The molecule has 0 atom stereocenters. The molecule has 15 heavy (non-hydrogen) atoms. The topological polar surface area (TPSA) is 85.2 Å². The van der Waals surface area contributed by atoms with Gasteiger partial charge in [-0.2, -0.15) is 0 Å². The molecule has 1 aromatic rings. The van der Waals surface area contributed by atoms with Crippen LogP contribution in [0.4, 0.5) is 0 Å². The van der Waals surface area contributed by atoms with Crippen molar-refractivity contribution in [1.29, 1.82) is 0 Å². The number of aromatic amines is 1. The Morgan fingerprint density at radius 2 is 2.27 bits per heavy atom. The molecular weight excluding hydrogens is 196 g/mol. The second kappa shape index (κ2) is 4.75. The van der Waals surface area contributed by atoms with E-state index in [0.717, 1.165) is 0 Å². The molecule has 1 rings (SSSR count). The van der Waals surface area contributed by atoms with Gasteiger partial charge in [0.05, 0.1) is 12.2 Å². The largest absolute Gasteiger partial charge is 0.462 e. The summed E-state index contributed by atoms with van der Waals surface area (Å²) in [6.45, 7) is 3.70. The van der Waals surface area contributed by atoms with Crippen molar-refractivity contribution in [3.8, 4) is 0 Å². The molecule has 0 amide bonds. The van der Waals surface area contributed by atoms with E-state index in [0.29, 0.717) is 5.69 Å². The average Bonchev–Trinajstić information content (AvgIpc) is 2.17. The zero-order chi connectivity index (χ0) is 11.4. The molecule has 5 heteroatoms. The Bertz CT molecular complexity index is 423. The number of aryl methyl sites for hydroxylation is 1. The molecule has 0 aliphatic rings. The van der Waals surface area contributed by atoms with E-state index in [1.165, 1.54) is 0 Å². The van der Waals surface area contributed by atoms with Crippen LogP contribution >= 0.6 is 0 Å². The van der Waals surface area contributed by atoms with Gasteiger partial charge in [0.15, 0.2) is 0 Å². The number of nitrogens with one attached hydrogen (secondary N) is 1. The van der Waals surface area contributed by atoms with Gasteiger partial charge in [-0.15, -0.1) is 0 Å². The molecule has 0 saturated heterocycles. The summed E-state index contributed by atoms with van der Waals surface area (Å²) in [6.07, 6.45) is 0. The highest BCUT2D eigenvalue weighted by atomic mass is 16.5. The molecule has 0 aliphatic carbocycles. The fourth-order valence-corrected chi connectivity index (χ4v) is 1.31. The number of nitrogens with two attached hydrogens (primary N) is 1. The van der Waals surface area contributed by atoms with Crippen molar-refractivity contribution in [1.82, 2.24) is 4.98 Å². The third kappa shape index (κ3) is 2.44. The smallest absolute Gasteiger partial charge is 0.338 e. The number of esters is 1. The zero-order valence-corrected chi connectivity index (χ0v) is 8.79. The molecule has 0 aliphatic heterocycles. The maximum Gasteiger partial charge on any atom is 0.338 e. The highest BCUT2D eigenvalue weighted by molar-refractivity contribution is 5.91. The van der Waals surface area contributed by atoms with Crippen LogP contribution in [0.5, 0.6) is 0 Å². The summed E-state index contributed by atoms with van der Waals surface area (Å²) in [6, 6.07) is 1.57. The van der Waals surface area contributed by atoms with Gasteiger partial charge in [0.2, 0.25) is 0 Å². The molecule has 1 aromatic heterocycles. The Labute approximate surface area is 87.3 Å². The minimum absolute atomic E-state index is 0.0176. The summed E-state index contributed by atoms with van der Waals surface area (Å²) in [5.74, 6) is -0.507. The van der Waals surface area contributed by atoms with Crippen molar-refractivity contribution in [2.75, 3.05) is 6.61 Å². The molecule has 0 spiro atoms. The van der Waals surface area contributed by atoms with Crippen LogP contribution in [0.1, 0.15) is 28.5 Å². The third-order valence-corrected chi connectivity index (χ3v) is 1.97. The first-order valence-electron chi connectivity index (χ1n) is 4.70. The minimum Gasteiger partial charge on any atom is -0.462 e. The van der Waals surface area contributed by atoms with Gasteiger partial charge in [-0.05, 0) is 19.9 Å². The Kier molecular flexibility index (Phi) is 3.62. The normalized spacial score (nSPS) is 10.1. The predicted molar refractivity (Wildman–Crippen MR) is 55.6 cm³/mol. The van der Waals surface area contributed by atoms with Crippen LogP contribution in [0.3, 0.4) is 0 Å². The number of carbonyl (C=O) groups excluding carboxylic acids is 1. The van der Waals surface area contributed by atoms with Crippen molar-refractivity contribution >= 4 is 5.97 Å². The maximum atomic E-state index is 11.5. The quantitative estimate of drug-likeness (QED) is 0.703. The summed E-state index contributed by atoms with van der Waals surface area (Å²) in [5.41, 5.74) is 6.20. The Balaban J connectivity index is 3.26. The van der Waals surface area contributed by atoms with Gasteiger partial charge < -0.3 is 15.5 Å². The molecule has 0 fully saturated rings. The highest BCUT2D eigenvalue weighted by Gasteiger charge is 2.14.